The van der Waals surface area contributed by atoms with Crippen molar-refractivity contribution in [3.63, 3.8) is 0 Å². The first-order valence-corrected chi connectivity index (χ1v) is 8.08. The molecule has 2 aromatic carbocycles. The van der Waals surface area contributed by atoms with Gasteiger partial charge in [-0.05, 0) is 48.7 Å². The number of ketones is 1. The van der Waals surface area contributed by atoms with E-state index in [1.807, 2.05) is 36.4 Å². The van der Waals surface area contributed by atoms with Gasteiger partial charge in [0.15, 0.2) is 5.78 Å². The predicted octanol–water partition coefficient (Wildman–Crippen LogP) is 4.52. The number of rotatable bonds is 2. The quantitative estimate of drug-likeness (QED) is 0.707. The summed E-state index contributed by atoms with van der Waals surface area (Å²) in [5.74, 6) is 0.118. The number of nitrogens with zero attached hydrogens (tertiary/aromatic N) is 1. The second-order valence-electron chi connectivity index (χ2n) is 6.34. The first kappa shape index (κ1) is 14.6. The molecule has 3 heteroatoms. The molecule has 0 saturated carbocycles. The number of aryl methyl sites for hydroxylation is 2. The van der Waals surface area contributed by atoms with Crippen molar-refractivity contribution in [2.45, 2.75) is 20.3 Å². The zero-order chi connectivity index (χ0) is 16.7. The molecule has 0 bridgehead atoms. The lowest BCUT2D eigenvalue weighted by molar-refractivity contribution is 0.104. The van der Waals surface area contributed by atoms with Crippen molar-refractivity contribution < 1.29 is 4.79 Å². The number of Topliss-reactive ketones (excluding diaryl/α,β-unsaturated/α-hetero) is 1. The largest absolute Gasteiger partial charge is 0.289 e. The molecular formula is C21H18N2O. The van der Waals surface area contributed by atoms with Crippen molar-refractivity contribution in [1.29, 1.82) is 0 Å². The van der Waals surface area contributed by atoms with Crippen molar-refractivity contribution >= 4 is 11.9 Å². The van der Waals surface area contributed by atoms with E-state index in [9.17, 15) is 4.79 Å². The molecule has 1 aromatic heterocycles. The van der Waals surface area contributed by atoms with Crippen LogP contribution in [0.1, 0.15) is 32.7 Å². The van der Waals surface area contributed by atoms with Gasteiger partial charge in [0, 0.05) is 23.1 Å². The number of carbonyl (C=O) groups excluding carboxylic acids is 1. The highest BCUT2D eigenvalue weighted by molar-refractivity contribution is 6.15. The minimum Gasteiger partial charge on any atom is -0.289 e. The fourth-order valence-electron chi connectivity index (χ4n) is 3.12. The summed E-state index contributed by atoms with van der Waals surface area (Å²) in [4.78, 5) is 12.5. The average molecular weight is 314 g/mol. The van der Waals surface area contributed by atoms with E-state index in [1.165, 1.54) is 11.1 Å². The molecule has 1 N–H and O–H groups in total. The molecule has 0 saturated heterocycles. The molecule has 0 fully saturated rings. The smallest absolute Gasteiger partial charge is 0.189 e. The zero-order valence-corrected chi connectivity index (χ0v) is 13.8. The van der Waals surface area contributed by atoms with Crippen LogP contribution in [-0.2, 0) is 6.42 Å². The average Bonchev–Trinajstić information content (AvgIpc) is 3.16. The van der Waals surface area contributed by atoms with Crippen molar-refractivity contribution in [2.24, 2.45) is 0 Å². The summed E-state index contributed by atoms with van der Waals surface area (Å²) in [5.41, 5.74) is 8.09. The molecule has 0 amide bonds. The summed E-state index contributed by atoms with van der Waals surface area (Å²) < 4.78 is 0. The molecule has 24 heavy (non-hydrogen) atoms. The van der Waals surface area contributed by atoms with Crippen LogP contribution in [0, 0.1) is 13.8 Å². The summed E-state index contributed by atoms with van der Waals surface area (Å²) >= 11 is 0. The monoisotopic (exact) mass is 314 g/mol. The highest BCUT2D eigenvalue weighted by atomic mass is 16.1. The number of aromatic nitrogens is 2. The van der Waals surface area contributed by atoms with Crippen LogP contribution >= 0.6 is 0 Å². The van der Waals surface area contributed by atoms with E-state index in [2.05, 4.69) is 42.2 Å². The molecule has 1 aliphatic rings. The van der Waals surface area contributed by atoms with E-state index < -0.39 is 0 Å². The number of aromatic amines is 1. The van der Waals surface area contributed by atoms with Crippen molar-refractivity contribution in [2.75, 3.05) is 0 Å². The molecule has 0 unspecified atom stereocenters. The molecule has 3 nitrogen and oxygen atoms in total. The van der Waals surface area contributed by atoms with Crippen molar-refractivity contribution in [3.8, 4) is 11.3 Å². The van der Waals surface area contributed by atoms with Gasteiger partial charge in [-0.15, -0.1) is 0 Å². The van der Waals surface area contributed by atoms with Crippen LogP contribution < -0.4 is 0 Å². The Kier molecular flexibility index (Phi) is 3.42. The van der Waals surface area contributed by atoms with Gasteiger partial charge in [0.1, 0.15) is 0 Å². The Morgan fingerprint density at radius 1 is 1.04 bits per heavy atom. The highest BCUT2D eigenvalue weighted by Crippen LogP contribution is 2.28. The summed E-state index contributed by atoms with van der Waals surface area (Å²) in [7, 11) is 0. The van der Waals surface area contributed by atoms with Crippen molar-refractivity contribution in [1.82, 2.24) is 10.2 Å². The van der Waals surface area contributed by atoms with Gasteiger partial charge in [-0.25, -0.2) is 0 Å². The minimum absolute atomic E-state index is 0.118. The number of hydrogen-bond acceptors (Lipinski definition) is 2. The first-order valence-electron chi connectivity index (χ1n) is 8.08. The van der Waals surface area contributed by atoms with Crippen LogP contribution in [0.25, 0.3) is 17.3 Å². The van der Waals surface area contributed by atoms with Gasteiger partial charge >= 0.3 is 0 Å². The van der Waals surface area contributed by atoms with E-state index in [1.54, 1.807) is 0 Å². The maximum Gasteiger partial charge on any atom is 0.189 e. The Hall–Kier alpha value is -2.94. The van der Waals surface area contributed by atoms with Crippen LogP contribution in [0.5, 0.6) is 0 Å². The Bertz CT molecular complexity index is 979. The van der Waals surface area contributed by atoms with Gasteiger partial charge in [-0.3, -0.25) is 9.89 Å². The predicted molar refractivity (Wildman–Crippen MR) is 96.0 cm³/mol. The molecule has 0 radical (unpaired) electrons. The van der Waals surface area contributed by atoms with Crippen LogP contribution in [0.4, 0.5) is 0 Å². The van der Waals surface area contributed by atoms with E-state index in [-0.39, 0.29) is 5.78 Å². The van der Waals surface area contributed by atoms with Crippen LogP contribution in [0.2, 0.25) is 0 Å². The summed E-state index contributed by atoms with van der Waals surface area (Å²) in [6.07, 6.45) is 2.60. The molecule has 3 aromatic rings. The third-order valence-electron chi connectivity index (χ3n) is 4.66. The lowest BCUT2D eigenvalue weighted by atomic mass is 10.0. The molecule has 1 heterocycles. The number of benzene rings is 2. The van der Waals surface area contributed by atoms with E-state index >= 15 is 0 Å². The number of fused-ring (bicyclic) bond motifs is 1. The van der Waals surface area contributed by atoms with E-state index in [0.717, 1.165) is 33.7 Å². The van der Waals surface area contributed by atoms with Crippen molar-refractivity contribution in [3.05, 3.63) is 82.1 Å². The molecular weight excluding hydrogens is 296 g/mol. The second kappa shape index (κ2) is 5.60. The third kappa shape index (κ3) is 2.48. The van der Waals surface area contributed by atoms with E-state index in [0.29, 0.717) is 6.42 Å². The molecule has 0 spiro atoms. The summed E-state index contributed by atoms with van der Waals surface area (Å²) in [5, 5.41) is 7.43. The first-order chi connectivity index (χ1) is 11.6. The lowest BCUT2D eigenvalue weighted by Crippen LogP contribution is -1.94. The molecule has 1 aliphatic carbocycles. The maximum absolute atomic E-state index is 12.5. The van der Waals surface area contributed by atoms with Gasteiger partial charge in [-0.1, -0.05) is 36.4 Å². The number of carbonyl (C=O) groups is 1. The van der Waals surface area contributed by atoms with Crippen LogP contribution in [0.15, 0.2) is 54.1 Å². The normalized spacial score (nSPS) is 15.1. The Morgan fingerprint density at radius 3 is 2.67 bits per heavy atom. The Labute approximate surface area is 141 Å². The fraction of sp³-hybridized carbons (Fsp3) is 0.143. The lowest BCUT2D eigenvalue weighted by Gasteiger charge is -2.01. The van der Waals surface area contributed by atoms with Gasteiger partial charge in [0.05, 0.1) is 11.4 Å². The SMILES string of the molecule is Cc1ccc(-c2cc(C=C3Cc4ccccc4C3=O)[nH]n2)cc1C. The number of nitrogens with one attached hydrogen (secondary N) is 1. The van der Waals surface area contributed by atoms with Crippen LogP contribution in [-0.4, -0.2) is 16.0 Å². The van der Waals surface area contributed by atoms with Crippen LogP contribution in [0.3, 0.4) is 0 Å². The van der Waals surface area contributed by atoms with Gasteiger partial charge in [0.25, 0.3) is 0 Å². The molecule has 118 valence electrons. The second-order valence-corrected chi connectivity index (χ2v) is 6.34. The molecule has 0 atom stereocenters. The minimum atomic E-state index is 0.118. The summed E-state index contributed by atoms with van der Waals surface area (Å²) in [6, 6.07) is 16.1. The Morgan fingerprint density at radius 2 is 1.88 bits per heavy atom. The number of allylic oxidation sites excluding steroid dienone is 1. The fourth-order valence-corrected chi connectivity index (χ4v) is 3.12. The highest BCUT2D eigenvalue weighted by Gasteiger charge is 2.24. The number of hydrogen-bond donors (Lipinski definition) is 1. The number of H-pyrrole nitrogens is 1. The van der Waals surface area contributed by atoms with Gasteiger partial charge in [-0.2, -0.15) is 5.10 Å². The summed E-state index contributed by atoms with van der Waals surface area (Å²) in [6.45, 7) is 4.20. The van der Waals surface area contributed by atoms with Gasteiger partial charge < -0.3 is 0 Å². The van der Waals surface area contributed by atoms with Gasteiger partial charge in [0.2, 0.25) is 0 Å². The standard InChI is InChI=1S/C21H18N2O/c1-13-7-8-16(9-14(13)2)20-12-18(22-23-20)11-17-10-15-5-3-4-6-19(15)21(17)24/h3-9,11-12H,10H2,1-2H3,(H,22,23). The zero-order valence-electron chi connectivity index (χ0n) is 13.8. The maximum atomic E-state index is 12.5. The topological polar surface area (TPSA) is 45.8 Å². The molecule has 4 rings (SSSR count). The Balaban J connectivity index is 1.64. The molecule has 0 aliphatic heterocycles. The van der Waals surface area contributed by atoms with E-state index in [4.69, 9.17) is 0 Å². The third-order valence-corrected chi connectivity index (χ3v) is 4.66.